The molecule has 0 aliphatic carbocycles. The largest absolute Gasteiger partial charge is 0.243 e. The summed E-state index contributed by atoms with van der Waals surface area (Å²) in [5, 5.41) is 2.29. The SMILES string of the molecule is c1ccc(-c2ccc(-c3nc(-c4ccccc4)nc(-c4ccc(-c5cccc(-c6ccc7c(c6)sc6nc8ccccc8nc67)c5)cc4)n3)cc2)cc1.c1ccc(-c2ccc(-c3nc(-c4ccccc4)nc(-c4ccc(-c5cccc(-c6ccc7nc8sc9ccccc9c8nc7c6)c5)cc4)n3)cc2)cc1. The fraction of sp³-hybridized carbons (Fsp3) is 0. The number of thiophene rings is 2. The van der Waals surface area contributed by atoms with Gasteiger partial charge in [0.15, 0.2) is 34.9 Å². The maximum absolute atomic E-state index is 5.07. The number of benzene rings is 14. The number of nitrogens with zero attached hydrogens (tertiary/aromatic N) is 10. The van der Waals surface area contributed by atoms with Crippen LogP contribution in [-0.2, 0) is 0 Å². The molecule has 14 aromatic carbocycles. The molecular formula is C94H58N10S2. The van der Waals surface area contributed by atoms with Gasteiger partial charge in [-0.05, 0) is 115 Å². The third-order valence-corrected chi connectivity index (χ3v) is 21.2. The van der Waals surface area contributed by atoms with Gasteiger partial charge in [0.05, 0.1) is 22.1 Å². The third kappa shape index (κ3) is 12.7. The topological polar surface area (TPSA) is 129 Å². The van der Waals surface area contributed by atoms with E-state index in [-0.39, 0.29) is 0 Å². The van der Waals surface area contributed by atoms with Gasteiger partial charge in [-0.3, -0.25) is 0 Å². The summed E-state index contributed by atoms with van der Waals surface area (Å²) < 4.78 is 2.39. The molecule has 0 N–H and O–H groups in total. The quantitative estimate of drug-likeness (QED) is 0.117. The summed E-state index contributed by atoms with van der Waals surface area (Å²) in [4.78, 5) is 51.5. The number of para-hydroxylation sites is 2. The normalized spacial score (nSPS) is 11.4. The van der Waals surface area contributed by atoms with E-state index < -0.39 is 0 Å². The molecule has 0 bridgehead atoms. The minimum Gasteiger partial charge on any atom is -0.243 e. The average molecular weight is 1390 g/mol. The molecule has 20 rings (SSSR count). The lowest BCUT2D eigenvalue weighted by atomic mass is 9.98. The lowest BCUT2D eigenvalue weighted by molar-refractivity contribution is 1.07. The van der Waals surface area contributed by atoms with Crippen molar-refractivity contribution in [3.8, 4) is 135 Å². The van der Waals surface area contributed by atoms with E-state index in [1.165, 1.54) is 20.5 Å². The van der Waals surface area contributed by atoms with Crippen LogP contribution in [0.3, 0.4) is 0 Å². The van der Waals surface area contributed by atoms with Crippen molar-refractivity contribution in [3.05, 3.63) is 352 Å². The van der Waals surface area contributed by atoms with Gasteiger partial charge in [-0.1, -0.05) is 303 Å². The minimum absolute atomic E-state index is 0.631. The van der Waals surface area contributed by atoms with Crippen LogP contribution in [0.1, 0.15) is 0 Å². The van der Waals surface area contributed by atoms with E-state index in [1.807, 2.05) is 97.1 Å². The van der Waals surface area contributed by atoms with Gasteiger partial charge in [0.25, 0.3) is 0 Å². The third-order valence-electron chi connectivity index (χ3n) is 19.1. The van der Waals surface area contributed by atoms with Crippen molar-refractivity contribution in [2.45, 2.75) is 0 Å². The van der Waals surface area contributed by atoms with Crippen LogP contribution in [0.15, 0.2) is 352 Å². The fourth-order valence-electron chi connectivity index (χ4n) is 13.6. The minimum atomic E-state index is 0.631. The predicted molar refractivity (Wildman–Crippen MR) is 437 cm³/mol. The molecule has 10 nitrogen and oxygen atoms in total. The Kier molecular flexibility index (Phi) is 16.4. The van der Waals surface area contributed by atoms with Crippen molar-refractivity contribution in [1.82, 2.24) is 49.8 Å². The summed E-state index contributed by atoms with van der Waals surface area (Å²) in [5.74, 6) is 3.83. The van der Waals surface area contributed by atoms with Crippen molar-refractivity contribution >= 4 is 85.6 Å². The van der Waals surface area contributed by atoms with Crippen LogP contribution in [-0.4, -0.2) is 49.8 Å². The highest BCUT2D eigenvalue weighted by atomic mass is 32.1. The molecule has 0 aliphatic rings. The van der Waals surface area contributed by atoms with Crippen LogP contribution in [0.2, 0.25) is 0 Å². The Balaban J connectivity index is 0.000000145. The van der Waals surface area contributed by atoms with Gasteiger partial charge in [-0.15, -0.1) is 22.7 Å². The van der Waals surface area contributed by atoms with Gasteiger partial charge in [0.1, 0.15) is 20.7 Å². The summed E-state index contributed by atoms with van der Waals surface area (Å²) in [5.41, 5.74) is 24.9. The molecule has 0 unspecified atom stereocenters. The molecule has 0 saturated heterocycles. The molecule has 0 fully saturated rings. The van der Waals surface area contributed by atoms with Crippen molar-refractivity contribution in [2.75, 3.05) is 0 Å². The Bertz CT molecular complexity index is 6650. The van der Waals surface area contributed by atoms with Crippen molar-refractivity contribution in [1.29, 1.82) is 0 Å². The Morgan fingerprint density at radius 2 is 0.415 bits per heavy atom. The zero-order chi connectivity index (χ0) is 70.3. The van der Waals surface area contributed by atoms with Crippen LogP contribution in [0.4, 0.5) is 0 Å². The number of aromatic nitrogens is 10. The zero-order valence-corrected chi connectivity index (χ0v) is 58.4. The molecule has 0 spiro atoms. The van der Waals surface area contributed by atoms with Crippen molar-refractivity contribution in [3.63, 3.8) is 0 Å². The Morgan fingerprint density at radius 3 is 0.858 bits per heavy atom. The van der Waals surface area contributed by atoms with Gasteiger partial charge < -0.3 is 0 Å². The highest BCUT2D eigenvalue weighted by Crippen LogP contribution is 2.40. The molecule has 6 heterocycles. The van der Waals surface area contributed by atoms with E-state index in [2.05, 4.69) is 255 Å². The van der Waals surface area contributed by atoms with Gasteiger partial charge >= 0.3 is 0 Å². The van der Waals surface area contributed by atoms with Crippen molar-refractivity contribution < 1.29 is 0 Å². The van der Waals surface area contributed by atoms with Crippen LogP contribution >= 0.6 is 22.7 Å². The molecule has 12 heteroatoms. The second-order valence-corrected chi connectivity index (χ2v) is 28.0. The Hall–Kier alpha value is -13.8. The molecule has 106 heavy (non-hydrogen) atoms. The van der Waals surface area contributed by atoms with E-state index in [1.54, 1.807) is 22.7 Å². The molecule has 0 saturated carbocycles. The highest BCUT2D eigenvalue weighted by molar-refractivity contribution is 7.25. The van der Waals surface area contributed by atoms with E-state index >= 15 is 0 Å². The monoisotopic (exact) mass is 1390 g/mol. The fourth-order valence-corrected chi connectivity index (χ4v) is 15.7. The predicted octanol–water partition coefficient (Wildman–Crippen LogP) is 24.4. The lowest BCUT2D eigenvalue weighted by Crippen LogP contribution is -2.00. The summed E-state index contributed by atoms with van der Waals surface area (Å²) in [7, 11) is 0. The standard InChI is InChI=1S/2C47H29N5S/c1-3-10-30(11-4-1)31-18-22-34(23-19-31)45-50-44(33-12-5-2-6-13-33)51-46(52-45)35-24-20-32(21-25-35)36-14-9-15-37(28-36)38-26-27-39-42(29-38)53-47-43(39)48-40-16-7-8-17-41(40)49-47;1-3-10-30(11-4-1)31-18-22-34(23-19-31)45-50-44(33-12-5-2-6-13-33)51-46(52-45)35-24-20-32(21-25-35)36-14-9-15-37(28-36)38-26-27-40-41(29-38)48-43-39-16-7-8-17-42(39)53-47(43)49-40/h2*1-29H. The van der Waals surface area contributed by atoms with E-state index in [0.717, 1.165) is 143 Å². The maximum atomic E-state index is 5.07. The van der Waals surface area contributed by atoms with Crippen LogP contribution in [0, 0.1) is 0 Å². The number of hydrogen-bond acceptors (Lipinski definition) is 12. The molecule has 0 aliphatic heterocycles. The zero-order valence-electron chi connectivity index (χ0n) is 56.8. The number of hydrogen-bond donors (Lipinski definition) is 0. The van der Waals surface area contributed by atoms with Gasteiger partial charge in [-0.25, -0.2) is 49.8 Å². The van der Waals surface area contributed by atoms with E-state index in [9.17, 15) is 0 Å². The lowest BCUT2D eigenvalue weighted by Gasteiger charge is -2.10. The van der Waals surface area contributed by atoms with Crippen molar-refractivity contribution in [2.24, 2.45) is 0 Å². The van der Waals surface area contributed by atoms with Gasteiger partial charge in [0, 0.05) is 53.6 Å². The summed E-state index contributed by atoms with van der Waals surface area (Å²) >= 11 is 3.38. The van der Waals surface area contributed by atoms with E-state index in [0.29, 0.717) is 34.9 Å². The number of fused-ring (bicyclic) bond motifs is 8. The first kappa shape index (κ1) is 63.2. The molecule has 0 radical (unpaired) electrons. The molecule has 0 atom stereocenters. The second kappa shape index (κ2) is 27.5. The second-order valence-electron chi connectivity index (χ2n) is 25.9. The molecular weight excluding hydrogens is 1330 g/mol. The Morgan fingerprint density at radius 1 is 0.151 bits per heavy atom. The average Bonchev–Trinajstić information content (AvgIpc) is 1.45. The molecule has 0 amide bonds. The Labute approximate surface area is 618 Å². The van der Waals surface area contributed by atoms with E-state index in [4.69, 9.17) is 49.8 Å². The first-order chi connectivity index (χ1) is 52.4. The van der Waals surface area contributed by atoms with Gasteiger partial charge in [0.2, 0.25) is 0 Å². The summed E-state index contributed by atoms with van der Waals surface area (Å²) in [6, 6.07) is 121. The van der Waals surface area contributed by atoms with Crippen LogP contribution < -0.4 is 0 Å². The summed E-state index contributed by atoms with van der Waals surface area (Å²) in [6.07, 6.45) is 0. The van der Waals surface area contributed by atoms with Gasteiger partial charge in [-0.2, -0.15) is 0 Å². The maximum Gasteiger partial charge on any atom is 0.164 e. The first-order valence-corrected chi connectivity index (χ1v) is 36.6. The highest BCUT2D eigenvalue weighted by Gasteiger charge is 2.18. The smallest absolute Gasteiger partial charge is 0.164 e. The van der Waals surface area contributed by atoms with Crippen LogP contribution in [0.5, 0.6) is 0 Å². The molecule has 496 valence electrons. The molecule has 20 aromatic rings. The van der Waals surface area contributed by atoms with Crippen LogP contribution in [0.25, 0.3) is 198 Å². The number of rotatable bonds is 12. The first-order valence-electron chi connectivity index (χ1n) is 35.0. The molecule has 6 aromatic heterocycles. The summed E-state index contributed by atoms with van der Waals surface area (Å²) in [6.45, 7) is 0.